The zero-order chi connectivity index (χ0) is 7.56. The molecule has 1 rings (SSSR count). The van der Waals surface area contributed by atoms with Crippen LogP contribution >= 0.6 is 22.6 Å². The van der Waals surface area contributed by atoms with Crippen molar-refractivity contribution in [1.82, 2.24) is 0 Å². The van der Waals surface area contributed by atoms with Gasteiger partial charge in [-0.1, -0.05) is 36.4 Å². The van der Waals surface area contributed by atoms with Gasteiger partial charge in [-0.05, 0) is 18.8 Å². The van der Waals surface area contributed by atoms with Gasteiger partial charge in [0.1, 0.15) is 0 Å². The van der Waals surface area contributed by atoms with Crippen LogP contribution in [0.1, 0.15) is 19.8 Å². The first-order valence-electron chi connectivity index (χ1n) is 3.79. The summed E-state index contributed by atoms with van der Waals surface area (Å²) in [5.74, 6) is 0.725. The van der Waals surface area contributed by atoms with Crippen LogP contribution in [0.15, 0.2) is 0 Å². The Hall–Kier alpha value is 0.690. The summed E-state index contributed by atoms with van der Waals surface area (Å²) in [4.78, 5) is 0. The van der Waals surface area contributed by atoms with Gasteiger partial charge in [-0.2, -0.15) is 0 Å². The fourth-order valence-electron chi connectivity index (χ4n) is 1.14. The molecular formula is C8H14IO. The van der Waals surface area contributed by atoms with E-state index in [2.05, 4.69) is 36.4 Å². The van der Waals surface area contributed by atoms with Crippen LogP contribution in [0.25, 0.3) is 0 Å². The summed E-state index contributed by atoms with van der Waals surface area (Å²) in [6.45, 7) is 7.01. The molecule has 10 heavy (non-hydrogen) atoms. The molecule has 2 heteroatoms. The first kappa shape index (κ1) is 8.78. The quantitative estimate of drug-likeness (QED) is 0.515. The molecule has 1 nitrogen and oxygen atoms in total. The summed E-state index contributed by atoms with van der Waals surface area (Å²) in [6, 6.07) is 0. The minimum absolute atomic E-state index is 0.429. The predicted octanol–water partition coefficient (Wildman–Crippen LogP) is 2.44. The standard InChI is InChI=1S/C8H14IO/c1-3-7-4-8(9)6(2)5-10-7/h6-8H,1,3-5H2,2H3/t6-,7?,8+/m0/s1. The summed E-state index contributed by atoms with van der Waals surface area (Å²) >= 11 is 2.51. The zero-order valence-electron chi connectivity index (χ0n) is 6.35. The smallest absolute Gasteiger partial charge is 0.0585 e. The van der Waals surface area contributed by atoms with E-state index in [9.17, 15) is 0 Å². The summed E-state index contributed by atoms with van der Waals surface area (Å²) in [7, 11) is 0. The first-order chi connectivity index (χ1) is 4.74. The van der Waals surface area contributed by atoms with Gasteiger partial charge in [-0.3, -0.25) is 0 Å². The second-order valence-electron chi connectivity index (χ2n) is 2.97. The van der Waals surface area contributed by atoms with Crippen molar-refractivity contribution in [2.45, 2.75) is 29.8 Å². The van der Waals surface area contributed by atoms with Gasteiger partial charge in [0.25, 0.3) is 0 Å². The molecule has 0 spiro atoms. The molecule has 0 aromatic rings. The van der Waals surface area contributed by atoms with Crippen LogP contribution in [-0.4, -0.2) is 16.6 Å². The Balaban J connectivity index is 2.33. The number of rotatable bonds is 1. The van der Waals surface area contributed by atoms with E-state index in [1.165, 1.54) is 6.42 Å². The minimum Gasteiger partial charge on any atom is -0.378 e. The van der Waals surface area contributed by atoms with Crippen molar-refractivity contribution >= 4 is 22.6 Å². The second-order valence-corrected chi connectivity index (χ2v) is 4.57. The molecule has 1 saturated heterocycles. The van der Waals surface area contributed by atoms with Gasteiger partial charge >= 0.3 is 0 Å². The van der Waals surface area contributed by atoms with Gasteiger partial charge in [0.15, 0.2) is 0 Å². The third kappa shape index (κ3) is 2.09. The van der Waals surface area contributed by atoms with E-state index in [0.717, 1.165) is 22.9 Å². The summed E-state index contributed by atoms with van der Waals surface area (Å²) < 4.78 is 6.33. The minimum atomic E-state index is 0.429. The topological polar surface area (TPSA) is 9.23 Å². The normalized spacial score (nSPS) is 41.7. The van der Waals surface area contributed by atoms with Crippen LogP contribution in [0, 0.1) is 12.8 Å². The lowest BCUT2D eigenvalue weighted by Crippen LogP contribution is -2.31. The summed E-state index contributed by atoms with van der Waals surface area (Å²) in [5, 5.41) is 0. The molecule has 0 aliphatic carbocycles. The molecule has 1 aliphatic heterocycles. The lowest BCUT2D eigenvalue weighted by atomic mass is 9.99. The van der Waals surface area contributed by atoms with Crippen LogP contribution in [0.5, 0.6) is 0 Å². The van der Waals surface area contributed by atoms with Crippen LogP contribution < -0.4 is 0 Å². The number of halogens is 1. The summed E-state index contributed by atoms with van der Waals surface area (Å²) in [5.41, 5.74) is 0. The highest BCUT2D eigenvalue weighted by molar-refractivity contribution is 14.1. The highest BCUT2D eigenvalue weighted by atomic mass is 127. The molecule has 0 saturated carbocycles. The highest BCUT2D eigenvalue weighted by Gasteiger charge is 2.24. The summed E-state index contributed by atoms with van der Waals surface area (Å²) in [6.07, 6.45) is 2.54. The number of ether oxygens (including phenoxy) is 1. The maximum Gasteiger partial charge on any atom is 0.0585 e. The van der Waals surface area contributed by atoms with E-state index in [1.54, 1.807) is 0 Å². The van der Waals surface area contributed by atoms with E-state index in [1.807, 2.05) is 0 Å². The predicted molar refractivity (Wildman–Crippen MR) is 51.3 cm³/mol. The van der Waals surface area contributed by atoms with Crippen LogP contribution in [0.2, 0.25) is 0 Å². The van der Waals surface area contributed by atoms with Gasteiger partial charge in [-0.15, -0.1) is 0 Å². The molecule has 0 aromatic heterocycles. The van der Waals surface area contributed by atoms with Gasteiger partial charge in [0, 0.05) is 3.92 Å². The molecule has 0 aromatic carbocycles. The van der Waals surface area contributed by atoms with Crippen LogP contribution in [0.3, 0.4) is 0 Å². The van der Waals surface area contributed by atoms with E-state index in [0.29, 0.717) is 6.10 Å². The Morgan fingerprint density at radius 1 is 1.70 bits per heavy atom. The molecule has 0 bridgehead atoms. The molecule has 1 radical (unpaired) electrons. The van der Waals surface area contributed by atoms with Gasteiger partial charge < -0.3 is 4.74 Å². The molecule has 3 atom stereocenters. The van der Waals surface area contributed by atoms with E-state index in [-0.39, 0.29) is 0 Å². The van der Waals surface area contributed by atoms with Crippen LogP contribution in [0.4, 0.5) is 0 Å². The first-order valence-corrected chi connectivity index (χ1v) is 5.03. The largest absolute Gasteiger partial charge is 0.378 e. The lowest BCUT2D eigenvalue weighted by Gasteiger charge is -2.30. The van der Waals surface area contributed by atoms with Crippen molar-refractivity contribution in [3.8, 4) is 0 Å². The number of hydrogen-bond acceptors (Lipinski definition) is 1. The third-order valence-electron chi connectivity index (χ3n) is 2.02. The highest BCUT2D eigenvalue weighted by Crippen LogP contribution is 2.26. The molecule has 1 aliphatic rings. The molecule has 1 heterocycles. The second kappa shape index (κ2) is 3.90. The molecular weight excluding hydrogens is 239 g/mol. The zero-order valence-corrected chi connectivity index (χ0v) is 8.50. The Morgan fingerprint density at radius 2 is 2.40 bits per heavy atom. The van der Waals surface area contributed by atoms with Gasteiger partial charge in [-0.25, -0.2) is 0 Å². The van der Waals surface area contributed by atoms with E-state index >= 15 is 0 Å². The third-order valence-corrected chi connectivity index (χ3v) is 3.76. The van der Waals surface area contributed by atoms with Crippen molar-refractivity contribution in [3.05, 3.63) is 6.92 Å². The van der Waals surface area contributed by atoms with E-state index in [4.69, 9.17) is 4.74 Å². The average Bonchev–Trinajstić information content (AvgIpc) is 1.95. The van der Waals surface area contributed by atoms with E-state index < -0.39 is 0 Å². The average molecular weight is 253 g/mol. The monoisotopic (exact) mass is 253 g/mol. The van der Waals surface area contributed by atoms with Crippen LogP contribution in [-0.2, 0) is 4.74 Å². The Morgan fingerprint density at radius 3 is 2.90 bits per heavy atom. The maximum atomic E-state index is 5.54. The van der Waals surface area contributed by atoms with Crippen molar-refractivity contribution < 1.29 is 4.74 Å². The maximum absolute atomic E-state index is 5.54. The number of hydrogen-bond donors (Lipinski definition) is 0. The Labute approximate surface area is 76.7 Å². The van der Waals surface area contributed by atoms with Crippen molar-refractivity contribution in [2.24, 2.45) is 5.92 Å². The van der Waals surface area contributed by atoms with Gasteiger partial charge in [0.05, 0.1) is 12.7 Å². The fourth-order valence-corrected chi connectivity index (χ4v) is 1.92. The Kier molecular flexibility index (Phi) is 3.43. The van der Waals surface area contributed by atoms with Crippen molar-refractivity contribution in [1.29, 1.82) is 0 Å². The molecule has 0 N–H and O–H groups in total. The van der Waals surface area contributed by atoms with Gasteiger partial charge in [0.2, 0.25) is 0 Å². The SMILES string of the molecule is [CH2]CC1C[C@@H](I)[C@@H](C)CO1. The molecule has 1 unspecified atom stereocenters. The molecule has 1 fully saturated rings. The fraction of sp³-hybridized carbons (Fsp3) is 0.875. The van der Waals surface area contributed by atoms with Crippen molar-refractivity contribution in [2.75, 3.05) is 6.61 Å². The number of alkyl halides is 1. The Bertz CT molecular complexity index is 105. The molecule has 0 amide bonds. The lowest BCUT2D eigenvalue weighted by molar-refractivity contribution is -0.00290. The molecule has 59 valence electrons. The van der Waals surface area contributed by atoms with Crippen molar-refractivity contribution in [3.63, 3.8) is 0 Å².